The Bertz CT molecular complexity index is 1090. The van der Waals surface area contributed by atoms with E-state index in [2.05, 4.69) is 24.0 Å². The second-order valence-electron chi connectivity index (χ2n) is 8.53. The number of rotatable bonds is 7. The van der Waals surface area contributed by atoms with E-state index in [1.165, 1.54) is 5.56 Å². The Morgan fingerprint density at radius 2 is 1.80 bits per heavy atom. The van der Waals surface area contributed by atoms with Crippen molar-refractivity contribution >= 4 is 12.0 Å². The highest BCUT2D eigenvalue weighted by molar-refractivity contribution is 5.74. The molecule has 1 aliphatic rings. The van der Waals surface area contributed by atoms with Gasteiger partial charge in [0.15, 0.2) is 0 Å². The third-order valence-corrected chi connectivity index (χ3v) is 5.99. The summed E-state index contributed by atoms with van der Waals surface area (Å²) in [6.07, 6.45) is 2.58. The molecule has 1 aliphatic heterocycles. The van der Waals surface area contributed by atoms with Crippen molar-refractivity contribution in [2.24, 2.45) is 5.73 Å². The number of ether oxygens (including phenoxy) is 2. The Morgan fingerprint density at radius 3 is 2.31 bits per heavy atom. The van der Waals surface area contributed by atoms with Gasteiger partial charge in [0.05, 0.1) is 13.2 Å². The minimum atomic E-state index is -0.376. The zero-order valence-corrected chi connectivity index (χ0v) is 20.5. The number of nitrogens with two attached hydrogens (primary N) is 1. The topological polar surface area (TPSA) is 94.8 Å². The highest BCUT2D eigenvalue weighted by Crippen LogP contribution is 2.28. The van der Waals surface area contributed by atoms with E-state index in [0.29, 0.717) is 25.3 Å². The number of carbonyl (C=O) groups excluding carboxylic acids is 2. The van der Waals surface area contributed by atoms with Gasteiger partial charge in [-0.05, 0) is 37.5 Å². The van der Waals surface area contributed by atoms with Crippen molar-refractivity contribution in [2.75, 3.05) is 13.7 Å². The molecule has 2 N–H and O–H groups in total. The summed E-state index contributed by atoms with van der Waals surface area (Å²) in [7, 11) is 1.59. The smallest absolute Gasteiger partial charge is 0.410 e. The molecule has 0 radical (unpaired) electrons. The third-order valence-electron chi connectivity index (χ3n) is 5.99. The Morgan fingerprint density at radius 1 is 1.11 bits per heavy atom. The van der Waals surface area contributed by atoms with Gasteiger partial charge in [-0.3, -0.25) is 4.79 Å². The monoisotopic (exact) mass is 475 g/mol. The molecule has 7 nitrogen and oxygen atoms in total. The number of primary amides is 1. The zero-order chi connectivity index (χ0) is 25.2. The average Bonchev–Trinajstić information content (AvgIpc) is 2.88. The zero-order valence-electron chi connectivity index (χ0n) is 20.5. The van der Waals surface area contributed by atoms with E-state index in [4.69, 9.17) is 15.2 Å². The van der Waals surface area contributed by atoms with Gasteiger partial charge in [0.25, 0.3) is 0 Å². The molecule has 35 heavy (non-hydrogen) atoms. The quantitative estimate of drug-likeness (QED) is 0.501. The first kappa shape index (κ1) is 25.7. The van der Waals surface area contributed by atoms with Gasteiger partial charge in [-0.15, -0.1) is 0 Å². The van der Waals surface area contributed by atoms with Crippen molar-refractivity contribution in [3.05, 3.63) is 84.1 Å². The molecular weight excluding hydrogens is 442 g/mol. The maximum Gasteiger partial charge on any atom is 0.410 e. The normalized spacial score (nSPS) is 15.9. The average molecular weight is 476 g/mol. The number of hydrogen-bond donors (Lipinski definition) is 1. The lowest BCUT2D eigenvalue weighted by atomic mass is 10.0. The van der Waals surface area contributed by atoms with Crippen LogP contribution in [-0.4, -0.2) is 41.6 Å². The summed E-state index contributed by atoms with van der Waals surface area (Å²) in [5, 5.41) is 0. The fourth-order valence-corrected chi connectivity index (χ4v) is 3.84. The summed E-state index contributed by atoms with van der Waals surface area (Å²) in [4.78, 5) is 29.2. The summed E-state index contributed by atoms with van der Waals surface area (Å²) in [5.74, 6) is 0.200. The molecule has 1 aromatic heterocycles. The number of nitrogens with zero attached hydrogens (tertiary/aromatic N) is 2. The highest BCUT2D eigenvalue weighted by Gasteiger charge is 2.31. The summed E-state index contributed by atoms with van der Waals surface area (Å²) < 4.78 is 10.5. The summed E-state index contributed by atoms with van der Waals surface area (Å²) in [6.45, 7) is 4.66. The maximum atomic E-state index is 12.4. The predicted molar refractivity (Wildman–Crippen MR) is 136 cm³/mol. The van der Waals surface area contributed by atoms with E-state index in [9.17, 15) is 9.59 Å². The molecule has 2 heterocycles. The van der Waals surface area contributed by atoms with Gasteiger partial charge in [-0.2, -0.15) is 0 Å². The van der Waals surface area contributed by atoms with Crippen molar-refractivity contribution in [1.29, 1.82) is 0 Å². The first-order valence-electron chi connectivity index (χ1n) is 11.7. The van der Waals surface area contributed by atoms with Crippen LogP contribution in [0.15, 0.2) is 72.9 Å². The number of carbonyl (C=O) groups is 2. The van der Waals surface area contributed by atoms with Crippen molar-refractivity contribution in [3.8, 4) is 17.0 Å². The van der Waals surface area contributed by atoms with Crippen LogP contribution in [0.1, 0.15) is 43.4 Å². The standard InChI is InChI=1S/C21H25N3O4.C7H8/c1-14(24-12-11-18(28-21(24)26)8-9-19(22)25)15-3-5-16(6-4-15)17-7-10-20(27-2)23-13-17;1-7-5-3-2-4-6-7/h3-7,10,13-14,18H,8-9,11-12H2,1-2H3,(H2,22,25);2-6H,1H3. The van der Waals surface area contributed by atoms with Crippen molar-refractivity contribution < 1.29 is 19.1 Å². The molecule has 2 aromatic carbocycles. The first-order valence-corrected chi connectivity index (χ1v) is 11.7. The minimum absolute atomic E-state index is 0.104. The van der Waals surface area contributed by atoms with Crippen LogP contribution in [0.3, 0.4) is 0 Å². The maximum absolute atomic E-state index is 12.4. The first-order chi connectivity index (χ1) is 16.9. The van der Waals surface area contributed by atoms with Crippen molar-refractivity contribution in [2.45, 2.75) is 45.3 Å². The van der Waals surface area contributed by atoms with Crippen LogP contribution < -0.4 is 10.5 Å². The van der Waals surface area contributed by atoms with Crippen LogP contribution in [0, 0.1) is 6.92 Å². The van der Waals surface area contributed by atoms with Crippen LogP contribution in [0.25, 0.3) is 11.1 Å². The van der Waals surface area contributed by atoms with E-state index in [1.54, 1.807) is 18.2 Å². The minimum Gasteiger partial charge on any atom is -0.481 e. The van der Waals surface area contributed by atoms with E-state index < -0.39 is 0 Å². The lowest BCUT2D eigenvalue weighted by Gasteiger charge is -2.35. The largest absolute Gasteiger partial charge is 0.481 e. The van der Waals surface area contributed by atoms with Gasteiger partial charge in [-0.1, -0.05) is 60.2 Å². The van der Waals surface area contributed by atoms with Crippen LogP contribution in [-0.2, 0) is 9.53 Å². The van der Waals surface area contributed by atoms with Crippen LogP contribution >= 0.6 is 0 Å². The molecule has 0 bridgehead atoms. The van der Waals surface area contributed by atoms with Crippen molar-refractivity contribution in [1.82, 2.24) is 9.88 Å². The lowest BCUT2D eigenvalue weighted by molar-refractivity contribution is -0.118. The Kier molecular flexibility index (Phi) is 9.23. The lowest BCUT2D eigenvalue weighted by Crippen LogP contribution is -2.43. The van der Waals surface area contributed by atoms with E-state index in [-0.39, 0.29) is 30.6 Å². The Labute approximate surface area is 206 Å². The molecule has 0 saturated carbocycles. The summed E-state index contributed by atoms with van der Waals surface area (Å²) in [6, 6.07) is 22.0. The molecule has 3 aromatic rings. The fourth-order valence-electron chi connectivity index (χ4n) is 3.84. The molecule has 1 fully saturated rings. The number of aryl methyl sites for hydroxylation is 1. The number of aromatic nitrogens is 1. The van der Waals surface area contributed by atoms with Gasteiger partial charge >= 0.3 is 6.09 Å². The second-order valence-corrected chi connectivity index (χ2v) is 8.53. The number of pyridine rings is 1. The predicted octanol–water partition coefficient (Wildman–Crippen LogP) is 5.29. The fraction of sp³-hybridized carbons (Fsp3) is 0.321. The molecule has 0 spiro atoms. The van der Waals surface area contributed by atoms with Crippen LogP contribution in [0.4, 0.5) is 4.79 Å². The second kappa shape index (κ2) is 12.6. The number of cyclic esters (lactones) is 1. The molecule has 2 atom stereocenters. The molecule has 0 aliphatic carbocycles. The van der Waals surface area contributed by atoms with Crippen LogP contribution in [0.2, 0.25) is 0 Å². The summed E-state index contributed by atoms with van der Waals surface area (Å²) in [5.41, 5.74) is 9.55. The third kappa shape index (κ3) is 7.57. The number of amides is 2. The molecular formula is C28H33N3O4. The van der Waals surface area contributed by atoms with Gasteiger partial charge < -0.3 is 20.1 Å². The van der Waals surface area contributed by atoms with E-state index >= 15 is 0 Å². The van der Waals surface area contributed by atoms with E-state index in [0.717, 1.165) is 16.7 Å². The van der Waals surface area contributed by atoms with Gasteiger partial charge in [0.2, 0.25) is 11.8 Å². The Hall–Kier alpha value is -3.87. The molecule has 7 heteroatoms. The van der Waals surface area contributed by atoms with Gasteiger partial charge in [0.1, 0.15) is 6.10 Å². The molecule has 1 saturated heterocycles. The number of methoxy groups -OCH3 is 1. The molecule has 4 rings (SSSR count). The molecule has 2 amide bonds. The van der Waals surface area contributed by atoms with Crippen molar-refractivity contribution in [3.63, 3.8) is 0 Å². The number of hydrogen-bond acceptors (Lipinski definition) is 5. The SMILES string of the molecule is COc1ccc(-c2ccc(C(C)N3CCC(CCC(N)=O)OC3=O)cc2)cn1.Cc1ccccc1. The van der Waals surface area contributed by atoms with Gasteiger partial charge in [-0.25, -0.2) is 9.78 Å². The highest BCUT2D eigenvalue weighted by atomic mass is 16.6. The Balaban J connectivity index is 0.000000420. The van der Waals surface area contributed by atoms with Crippen LogP contribution in [0.5, 0.6) is 5.88 Å². The molecule has 2 unspecified atom stereocenters. The van der Waals surface area contributed by atoms with Gasteiger partial charge in [0, 0.05) is 37.2 Å². The van der Waals surface area contributed by atoms with E-state index in [1.807, 2.05) is 61.5 Å². The summed E-state index contributed by atoms with van der Waals surface area (Å²) >= 11 is 0. The molecule has 184 valence electrons. The number of benzene rings is 2.